The van der Waals surface area contributed by atoms with Crippen LogP contribution in [0.15, 0.2) is 54.6 Å². The van der Waals surface area contributed by atoms with Gasteiger partial charge in [0.2, 0.25) is 5.91 Å². The summed E-state index contributed by atoms with van der Waals surface area (Å²) in [4.78, 5) is 12.4. The number of amides is 1. The summed E-state index contributed by atoms with van der Waals surface area (Å²) in [5.74, 6) is -0.612. The molecule has 3 N–H and O–H groups in total. The second kappa shape index (κ2) is 8.78. The van der Waals surface area contributed by atoms with Crippen LogP contribution in [0.25, 0.3) is 0 Å². The fourth-order valence-electron chi connectivity index (χ4n) is 2.30. The molecule has 6 heteroatoms. The second-order valence-corrected chi connectivity index (χ2v) is 5.55. The smallest absolute Gasteiger partial charge is 0.244 e. The second-order valence-electron chi connectivity index (χ2n) is 5.55. The summed E-state index contributed by atoms with van der Waals surface area (Å²) in [7, 11) is 1.54. The largest absolute Gasteiger partial charge is 0.375 e. The van der Waals surface area contributed by atoms with Crippen molar-refractivity contribution in [3.63, 3.8) is 0 Å². The van der Waals surface area contributed by atoms with Gasteiger partial charge in [-0.05, 0) is 30.2 Å². The molecule has 24 heavy (non-hydrogen) atoms. The number of carbonyl (C=O) groups is 1. The van der Waals surface area contributed by atoms with Crippen molar-refractivity contribution in [2.75, 3.05) is 13.7 Å². The van der Waals surface area contributed by atoms with Crippen LogP contribution in [0.2, 0.25) is 0 Å². The summed E-state index contributed by atoms with van der Waals surface area (Å²) in [6.45, 7) is 1.91. The molecule has 4 nitrogen and oxygen atoms in total. The van der Waals surface area contributed by atoms with Crippen molar-refractivity contribution in [2.24, 2.45) is 5.73 Å². The van der Waals surface area contributed by atoms with E-state index in [1.54, 1.807) is 26.2 Å². The Morgan fingerprint density at radius 2 is 1.79 bits per heavy atom. The summed E-state index contributed by atoms with van der Waals surface area (Å²) in [6.07, 6.45) is -0.369. The highest BCUT2D eigenvalue weighted by Crippen LogP contribution is 2.19. The normalized spacial score (nSPS) is 14.2. The molecule has 0 aliphatic rings. The van der Waals surface area contributed by atoms with Crippen molar-refractivity contribution in [1.29, 1.82) is 0 Å². The zero-order valence-electron chi connectivity index (χ0n) is 13.7. The van der Waals surface area contributed by atoms with E-state index in [9.17, 15) is 9.18 Å². The Kier molecular flexibility index (Phi) is 7.35. The fraction of sp³-hybridized carbons (Fsp3) is 0.278. The minimum atomic E-state index is -1.14. The predicted molar refractivity (Wildman–Crippen MR) is 94.4 cm³/mol. The first kappa shape index (κ1) is 20.1. The van der Waals surface area contributed by atoms with Gasteiger partial charge in [-0.1, -0.05) is 42.5 Å². The van der Waals surface area contributed by atoms with E-state index in [0.717, 1.165) is 11.1 Å². The van der Waals surface area contributed by atoms with E-state index in [2.05, 4.69) is 5.32 Å². The first-order valence-corrected chi connectivity index (χ1v) is 7.36. The number of methoxy groups -OCH3 is 1. The van der Waals surface area contributed by atoms with Gasteiger partial charge >= 0.3 is 0 Å². The van der Waals surface area contributed by atoms with Crippen molar-refractivity contribution in [3.05, 3.63) is 71.5 Å². The van der Waals surface area contributed by atoms with Crippen LogP contribution in [-0.2, 0) is 15.1 Å². The van der Waals surface area contributed by atoms with E-state index in [-0.39, 0.29) is 36.8 Å². The molecule has 2 aromatic rings. The number of halogens is 2. The number of nitrogens with two attached hydrogens (primary N) is 1. The standard InChI is InChI=1S/C18H21FN2O2.ClH/c1-18(20,14-6-4-3-5-7-14)17(22)21-12-16(23-2)13-8-10-15(19)11-9-13;/h3-11,16H,12,20H2,1-2H3,(H,21,22);1H. The summed E-state index contributed by atoms with van der Waals surface area (Å²) in [5, 5.41) is 2.80. The van der Waals surface area contributed by atoms with Crippen molar-refractivity contribution < 1.29 is 13.9 Å². The lowest BCUT2D eigenvalue weighted by molar-refractivity contribution is -0.126. The van der Waals surface area contributed by atoms with Gasteiger partial charge in [0.05, 0.1) is 6.10 Å². The Morgan fingerprint density at radius 1 is 1.21 bits per heavy atom. The average molecular weight is 353 g/mol. The lowest BCUT2D eigenvalue weighted by Gasteiger charge is -2.25. The van der Waals surface area contributed by atoms with Crippen LogP contribution in [0.4, 0.5) is 4.39 Å². The SMILES string of the molecule is COC(CNC(=O)C(C)(N)c1ccccc1)c1ccc(F)cc1.Cl. The Morgan fingerprint density at radius 3 is 2.33 bits per heavy atom. The molecule has 0 bridgehead atoms. The minimum absolute atomic E-state index is 0. The Hall–Kier alpha value is -1.95. The van der Waals surface area contributed by atoms with Gasteiger partial charge in [-0.2, -0.15) is 0 Å². The lowest BCUT2D eigenvalue weighted by Crippen LogP contribution is -2.49. The van der Waals surface area contributed by atoms with Crippen LogP contribution >= 0.6 is 12.4 Å². The number of ether oxygens (including phenoxy) is 1. The van der Waals surface area contributed by atoms with E-state index in [1.807, 2.05) is 30.3 Å². The summed E-state index contributed by atoms with van der Waals surface area (Å²) in [6, 6.07) is 15.2. The lowest BCUT2D eigenvalue weighted by atomic mass is 9.92. The van der Waals surface area contributed by atoms with Crippen LogP contribution in [0.5, 0.6) is 0 Å². The number of hydrogen-bond acceptors (Lipinski definition) is 3. The van der Waals surface area contributed by atoms with Gasteiger partial charge in [0.15, 0.2) is 0 Å². The molecule has 0 heterocycles. The number of benzene rings is 2. The molecule has 2 atom stereocenters. The molecule has 1 amide bonds. The summed E-state index contributed by atoms with van der Waals surface area (Å²) >= 11 is 0. The van der Waals surface area contributed by atoms with E-state index >= 15 is 0 Å². The van der Waals surface area contributed by atoms with Crippen LogP contribution in [-0.4, -0.2) is 19.6 Å². The van der Waals surface area contributed by atoms with E-state index in [4.69, 9.17) is 10.5 Å². The Balaban J connectivity index is 0.00000288. The van der Waals surface area contributed by atoms with E-state index in [1.165, 1.54) is 12.1 Å². The molecular formula is C18H22ClFN2O2. The van der Waals surface area contributed by atoms with Gasteiger partial charge in [-0.25, -0.2) is 4.39 Å². The third-order valence-corrected chi connectivity index (χ3v) is 3.82. The molecule has 0 spiro atoms. The summed E-state index contributed by atoms with van der Waals surface area (Å²) in [5.41, 5.74) is 6.54. The molecule has 0 saturated heterocycles. The zero-order chi connectivity index (χ0) is 16.9. The Labute approximate surface area is 147 Å². The predicted octanol–water partition coefficient (Wildman–Crippen LogP) is 2.93. The Bertz CT molecular complexity index is 648. The number of rotatable bonds is 6. The van der Waals surface area contributed by atoms with Gasteiger partial charge in [-0.15, -0.1) is 12.4 Å². The minimum Gasteiger partial charge on any atom is -0.375 e. The van der Waals surface area contributed by atoms with Gasteiger partial charge in [0.25, 0.3) is 0 Å². The highest BCUT2D eigenvalue weighted by molar-refractivity contribution is 5.87. The van der Waals surface area contributed by atoms with Crippen molar-refractivity contribution in [3.8, 4) is 0 Å². The van der Waals surface area contributed by atoms with E-state index < -0.39 is 5.54 Å². The highest BCUT2D eigenvalue weighted by atomic mass is 35.5. The van der Waals surface area contributed by atoms with Gasteiger partial charge < -0.3 is 15.8 Å². The van der Waals surface area contributed by atoms with Crippen LogP contribution < -0.4 is 11.1 Å². The molecule has 0 radical (unpaired) electrons. The third kappa shape index (κ3) is 4.77. The van der Waals surface area contributed by atoms with Gasteiger partial charge in [0.1, 0.15) is 11.4 Å². The number of nitrogens with one attached hydrogen (secondary N) is 1. The molecule has 2 rings (SSSR count). The highest BCUT2D eigenvalue weighted by Gasteiger charge is 2.30. The maximum atomic E-state index is 13.0. The van der Waals surface area contributed by atoms with Crippen molar-refractivity contribution >= 4 is 18.3 Å². The van der Waals surface area contributed by atoms with Gasteiger partial charge in [-0.3, -0.25) is 4.79 Å². The number of carbonyl (C=O) groups excluding carboxylic acids is 1. The molecular weight excluding hydrogens is 331 g/mol. The van der Waals surface area contributed by atoms with Gasteiger partial charge in [0, 0.05) is 13.7 Å². The molecule has 0 saturated carbocycles. The molecule has 130 valence electrons. The monoisotopic (exact) mass is 352 g/mol. The third-order valence-electron chi connectivity index (χ3n) is 3.82. The number of hydrogen-bond donors (Lipinski definition) is 2. The quantitative estimate of drug-likeness (QED) is 0.840. The maximum absolute atomic E-state index is 13.0. The van der Waals surface area contributed by atoms with Crippen LogP contribution in [0.3, 0.4) is 0 Å². The fourth-order valence-corrected chi connectivity index (χ4v) is 2.30. The van der Waals surface area contributed by atoms with Crippen molar-refractivity contribution in [1.82, 2.24) is 5.32 Å². The first-order valence-electron chi connectivity index (χ1n) is 7.36. The molecule has 0 aromatic heterocycles. The zero-order valence-corrected chi connectivity index (χ0v) is 14.5. The van der Waals surface area contributed by atoms with Crippen LogP contribution in [0.1, 0.15) is 24.2 Å². The summed E-state index contributed by atoms with van der Waals surface area (Å²) < 4.78 is 18.4. The molecule has 2 unspecified atom stereocenters. The van der Waals surface area contributed by atoms with Crippen molar-refractivity contribution in [2.45, 2.75) is 18.6 Å². The molecule has 0 aliphatic carbocycles. The van der Waals surface area contributed by atoms with Crippen LogP contribution in [0, 0.1) is 5.82 Å². The molecule has 0 aliphatic heterocycles. The average Bonchev–Trinajstić information content (AvgIpc) is 2.57. The topological polar surface area (TPSA) is 64.3 Å². The van der Waals surface area contributed by atoms with E-state index in [0.29, 0.717) is 0 Å². The first-order chi connectivity index (χ1) is 10.9. The maximum Gasteiger partial charge on any atom is 0.244 e. The molecule has 0 fully saturated rings. The molecule has 2 aromatic carbocycles.